The first-order valence-corrected chi connectivity index (χ1v) is 13.2. The van der Waals surface area contributed by atoms with Crippen LogP contribution in [0.2, 0.25) is 0 Å². The number of amidine groups is 1. The number of benzene rings is 2. The molecular formula is C29H31N7O3. The van der Waals surface area contributed by atoms with Crippen LogP contribution < -0.4 is 20.9 Å². The maximum absolute atomic E-state index is 13.2. The highest BCUT2D eigenvalue weighted by Gasteiger charge is 2.30. The summed E-state index contributed by atoms with van der Waals surface area (Å²) in [6.07, 6.45) is 4.13. The molecule has 0 spiro atoms. The van der Waals surface area contributed by atoms with E-state index in [1.54, 1.807) is 0 Å². The zero-order chi connectivity index (χ0) is 26.8. The summed E-state index contributed by atoms with van der Waals surface area (Å²) >= 11 is 0. The zero-order valence-electron chi connectivity index (χ0n) is 21.5. The number of nitrogens with one attached hydrogen (secondary N) is 2. The van der Waals surface area contributed by atoms with Crippen LogP contribution in [0.1, 0.15) is 30.0 Å². The largest absolute Gasteiger partial charge is 0.405 e. The van der Waals surface area contributed by atoms with Crippen LogP contribution in [0, 0.1) is 5.41 Å². The van der Waals surface area contributed by atoms with E-state index in [4.69, 9.17) is 20.6 Å². The summed E-state index contributed by atoms with van der Waals surface area (Å²) < 4.78 is 11.2. The first-order chi connectivity index (χ1) is 19.1. The molecule has 1 amide bonds. The van der Waals surface area contributed by atoms with E-state index in [0.717, 1.165) is 29.9 Å². The zero-order valence-corrected chi connectivity index (χ0v) is 21.5. The van der Waals surface area contributed by atoms with Gasteiger partial charge in [-0.25, -0.2) is 9.98 Å². The van der Waals surface area contributed by atoms with Crippen molar-refractivity contribution in [1.29, 1.82) is 5.41 Å². The Morgan fingerprint density at radius 1 is 1.08 bits per heavy atom. The van der Waals surface area contributed by atoms with Gasteiger partial charge in [0.2, 0.25) is 5.90 Å². The Kier molecular flexibility index (Phi) is 6.85. The molecule has 1 unspecified atom stereocenters. The number of ether oxygens (including phenoxy) is 2. The lowest BCUT2D eigenvalue weighted by Gasteiger charge is -2.30. The number of aromatic nitrogens is 1. The van der Waals surface area contributed by atoms with Crippen LogP contribution in [-0.2, 0) is 14.3 Å². The average molecular weight is 526 g/mol. The van der Waals surface area contributed by atoms with Gasteiger partial charge in [0, 0.05) is 25.0 Å². The fourth-order valence-electron chi connectivity index (χ4n) is 5.00. The Labute approximate surface area is 227 Å². The van der Waals surface area contributed by atoms with E-state index >= 15 is 0 Å². The molecule has 10 nitrogen and oxygen atoms in total. The minimum Gasteiger partial charge on any atom is -0.405 e. The van der Waals surface area contributed by atoms with Crippen molar-refractivity contribution in [2.45, 2.75) is 24.8 Å². The molecule has 2 aliphatic heterocycles. The number of aliphatic imine (C=N–C) groups is 1. The second kappa shape index (κ2) is 10.7. The van der Waals surface area contributed by atoms with Gasteiger partial charge in [-0.1, -0.05) is 30.3 Å². The first kappa shape index (κ1) is 24.9. The summed E-state index contributed by atoms with van der Waals surface area (Å²) in [5.41, 5.74) is 11.0. The number of carbonyl (C=O) groups is 1. The van der Waals surface area contributed by atoms with Crippen LogP contribution in [0.4, 0.5) is 22.7 Å². The second-order valence-electron chi connectivity index (χ2n) is 9.88. The van der Waals surface area contributed by atoms with Gasteiger partial charge < -0.3 is 30.3 Å². The third-order valence-electron chi connectivity index (χ3n) is 7.17. The number of hydrogen-bond acceptors (Lipinski definition) is 8. The van der Waals surface area contributed by atoms with Crippen LogP contribution >= 0.6 is 0 Å². The van der Waals surface area contributed by atoms with E-state index in [1.807, 2.05) is 65.7 Å². The van der Waals surface area contributed by atoms with Gasteiger partial charge in [-0.15, -0.1) is 0 Å². The average Bonchev–Trinajstić information content (AvgIpc) is 3.83. The van der Waals surface area contributed by atoms with Crippen LogP contribution in [0.3, 0.4) is 0 Å². The quantitative estimate of drug-likeness (QED) is 0.343. The minimum atomic E-state index is -0.866. The van der Waals surface area contributed by atoms with Crippen molar-refractivity contribution in [3.63, 3.8) is 0 Å². The van der Waals surface area contributed by atoms with Crippen molar-refractivity contribution in [3.8, 4) is 0 Å². The third kappa shape index (κ3) is 5.42. The number of fused-ring (bicyclic) bond motifs is 1. The van der Waals surface area contributed by atoms with E-state index in [9.17, 15) is 4.79 Å². The summed E-state index contributed by atoms with van der Waals surface area (Å²) in [5.74, 6) is 0.00991. The van der Waals surface area contributed by atoms with Gasteiger partial charge >= 0.3 is 0 Å². The number of rotatable bonds is 5. The number of para-hydroxylation sites is 3. The maximum Gasteiger partial charge on any atom is 0.289 e. The molecule has 1 aromatic heterocycles. The van der Waals surface area contributed by atoms with E-state index < -0.39 is 6.04 Å². The summed E-state index contributed by atoms with van der Waals surface area (Å²) in [7, 11) is 0. The van der Waals surface area contributed by atoms with Crippen LogP contribution in [0.5, 0.6) is 0 Å². The lowest BCUT2D eigenvalue weighted by Crippen LogP contribution is -2.38. The van der Waals surface area contributed by atoms with E-state index in [1.165, 1.54) is 5.56 Å². The number of anilines is 4. The predicted molar refractivity (Wildman–Crippen MR) is 151 cm³/mol. The molecule has 1 saturated carbocycles. The van der Waals surface area contributed by atoms with E-state index in [2.05, 4.69) is 26.3 Å². The number of nitrogens with two attached hydrogens (primary N) is 1. The van der Waals surface area contributed by atoms with Gasteiger partial charge in [-0.05, 0) is 54.7 Å². The van der Waals surface area contributed by atoms with Gasteiger partial charge in [0.25, 0.3) is 11.9 Å². The second-order valence-corrected chi connectivity index (χ2v) is 9.88. The normalized spacial score (nSPS) is 19.6. The van der Waals surface area contributed by atoms with E-state index in [-0.39, 0.29) is 24.4 Å². The molecule has 6 rings (SSSR count). The fraction of sp³-hybridized carbons (Fsp3) is 0.310. The predicted octanol–water partition coefficient (Wildman–Crippen LogP) is 3.61. The number of carbonyl (C=O) groups excluding carboxylic acids is 1. The molecule has 1 aliphatic carbocycles. The molecule has 39 heavy (non-hydrogen) atoms. The Bertz CT molecular complexity index is 1400. The van der Waals surface area contributed by atoms with Crippen molar-refractivity contribution < 1.29 is 14.3 Å². The monoisotopic (exact) mass is 525 g/mol. The summed E-state index contributed by atoms with van der Waals surface area (Å²) in [5, 5.41) is 11.6. The number of nitrogens with zero attached hydrogens (tertiary/aromatic N) is 4. The minimum absolute atomic E-state index is 0.211. The van der Waals surface area contributed by atoms with Crippen LogP contribution in [0.15, 0.2) is 71.9 Å². The van der Waals surface area contributed by atoms with E-state index in [0.29, 0.717) is 43.6 Å². The number of hydrogen-bond donors (Lipinski definition) is 3. The lowest BCUT2D eigenvalue weighted by atomic mass is 10.1. The molecule has 0 radical (unpaired) electrons. The van der Waals surface area contributed by atoms with Gasteiger partial charge in [0.1, 0.15) is 5.69 Å². The molecule has 2 aromatic carbocycles. The highest BCUT2D eigenvalue weighted by Crippen LogP contribution is 2.41. The van der Waals surface area contributed by atoms with Crippen LogP contribution in [-0.4, -0.2) is 61.7 Å². The van der Waals surface area contributed by atoms with Crippen LogP contribution in [0.25, 0.3) is 0 Å². The molecular weight excluding hydrogens is 494 g/mol. The van der Waals surface area contributed by atoms with Crippen molar-refractivity contribution >= 4 is 40.6 Å². The first-order valence-electron chi connectivity index (χ1n) is 13.2. The molecule has 10 heteroatoms. The molecule has 3 heterocycles. The molecule has 2 fully saturated rings. The standard InChI is InChI=1S/C29H31N7O3/c30-27(26-25(35-12-14-38-15-13-35)16-20(17-32-26)19-10-11-19)39-29(31)34-23-18-36(21-6-2-1-3-7-21)24-9-5-4-8-22(24)33-28(23)37/h1-9,16-17,19,23,30H,10-15,18H2,(H2,31,34)(H,33,37). The maximum atomic E-state index is 13.2. The summed E-state index contributed by atoms with van der Waals surface area (Å²) in [4.78, 5) is 26.4. The highest BCUT2D eigenvalue weighted by molar-refractivity contribution is 6.04. The van der Waals surface area contributed by atoms with Crippen molar-refractivity contribution in [1.82, 2.24) is 4.98 Å². The lowest BCUT2D eigenvalue weighted by molar-refractivity contribution is -0.117. The molecule has 3 aliphatic rings. The summed E-state index contributed by atoms with van der Waals surface area (Å²) in [6, 6.07) is 18.4. The highest BCUT2D eigenvalue weighted by atomic mass is 16.5. The van der Waals surface area contributed by atoms with Crippen molar-refractivity contribution in [2.24, 2.45) is 10.7 Å². The Balaban J connectivity index is 1.25. The van der Waals surface area contributed by atoms with Gasteiger partial charge in [-0.2, -0.15) is 0 Å². The van der Waals surface area contributed by atoms with Crippen molar-refractivity contribution in [2.75, 3.05) is 48.0 Å². The Morgan fingerprint density at radius 3 is 2.59 bits per heavy atom. The molecule has 4 N–H and O–H groups in total. The summed E-state index contributed by atoms with van der Waals surface area (Å²) in [6.45, 7) is 2.89. The Hall–Kier alpha value is -4.44. The molecule has 200 valence electrons. The number of pyridine rings is 1. The third-order valence-corrected chi connectivity index (χ3v) is 7.17. The molecule has 0 bridgehead atoms. The number of amides is 1. The van der Waals surface area contributed by atoms with Crippen molar-refractivity contribution in [3.05, 3.63) is 78.1 Å². The van der Waals surface area contributed by atoms with Gasteiger partial charge in [0.05, 0.1) is 36.8 Å². The number of morpholine rings is 1. The fourth-order valence-corrected chi connectivity index (χ4v) is 5.00. The van der Waals surface area contributed by atoms with Gasteiger partial charge in [-0.3, -0.25) is 10.2 Å². The molecule has 3 aromatic rings. The SMILES string of the molecule is N=C(OC(N)=NC1CN(c2ccccc2)c2ccccc2NC1=O)c1ncc(C2CC2)cc1N1CCOCC1. The van der Waals surface area contributed by atoms with Gasteiger partial charge in [0.15, 0.2) is 6.04 Å². The Morgan fingerprint density at radius 2 is 1.82 bits per heavy atom. The smallest absolute Gasteiger partial charge is 0.289 e. The topological polar surface area (TPSA) is 129 Å². The molecule has 1 saturated heterocycles. The molecule has 1 atom stereocenters.